The van der Waals surface area contributed by atoms with E-state index in [1.807, 2.05) is 20.8 Å². The normalized spacial score (nSPS) is 43.1. The lowest BCUT2D eigenvalue weighted by Gasteiger charge is -2.64. The van der Waals surface area contributed by atoms with Crippen molar-refractivity contribution in [2.75, 3.05) is 12.4 Å². The smallest absolute Gasteiger partial charge is 0.420 e. The number of aliphatic hydroxyl groups is 2. The van der Waals surface area contributed by atoms with Gasteiger partial charge >= 0.3 is 6.09 Å². The number of fused-ring (bicyclic) bond motifs is 5. The van der Waals surface area contributed by atoms with Gasteiger partial charge in [0.25, 0.3) is 0 Å². The van der Waals surface area contributed by atoms with Gasteiger partial charge in [0, 0.05) is 0 Å². The first-order valence-corrected chi connectivity index (χ1v) is 17.2. The Morgan fingerprint density at radius 1 is 1.03 bits per heavy atom. The average molecular weight is 570 g/mol. The number of carbonyl (C=O) groups excluding carboxylic acids is 1. The van der Waals surface area contributed by atoms with Crippen LogP contribution in [0, 0.1) is 57.7 Å². The molecule has 39 heavy (non-hydrogen) atoms. The zero-order valence-corrected chi connectivity index (χ0v) is 26.2. The predicted octanol–water partition coefficient (Wildman–Crippen LogP) is 5.74. The van der Waals surface area contributed by atoms with E-state index in [-0.39, 0.29) is 41.3 Å². The lowest BCUT2D eigenvalue weighted by molar-refractivity contribution is -0.203. The number of rotatable bonds is 7. The molecule has 0 saturated heterocycles. The number of hydrogen-bond acceptors (Lipinski definition) is 6. The zero-order chi connectivity index (χ0) is 29.0. The fourth-order valence-electron chi connectivity index (χ4n) is 10.2. The van der Waals surface area contributed by atoms with Gasteiger partial charge in [0.05, 0.1) is 24.6 Å². The van der Waals surface area contributed by atoms with E-state index in [9.17, 15) is 23.4 Å². The summed E-state index contributed by atoms with van der Waals surface area (Å²) in [6.45, 7) is 15.0. The summed E-state index contributed by atoms with van der Waals surface area (Å²) in [7, 11) is -3.73. The quantitative estimate of drug-likeness (QED) is 0.360. The monoisotopic (exact) mass is 569 g/mol. The third kappa shape index (κ3) is 6.04. The molecule has 226 valence electrons. The Kier molecular flexibility index (Phi) is 8.84. The zero-order valence-electron chi connectivity index (χ0n) is 25.4. The molecular weight excluding hydrogens is 514 g/mol. The molecule has 0 aromatic carbocycles. The van der Waals surface area contributed by atoms with E-state index in [0.29, 0.717) is 41.9 Å². The van der Waals surface area contributed by atoms with E-state index in [4.69, 9.17) is 4.74 Å². The third-order valence-electron chi connectivity index (χ3n) is 11.8. The van der Waals surface area contributed by atoms with E-state index in [1.165, 1.54) is 0 Å². The molecule has 3 N–H and O–H groups in total. The highest BCUT2D eigenvalue weighted by Crippen LogP contribution is 2.69. The molecule has 4 aliphatic carbocycles. The number of amides is 1. The second-order valence-electron chi connectivity index (χ2n) is 15.4. The second kappa shape index (κ2) is 11.1. The summed E-state index contributed by atoms with van der Waals surface area (Å²) < 4.78 is 31.8. The Labute approximate surface area is 237 Å². The lowest BCUT2D eigenvalue weighted by Crippen LogP contribution is -2.62. The first-order chi connectivity index (χ1) is 18.0. The number of carbonyl (C=O) groups is 1. The summed E-state index contributed by atoms with van der Waals surface area (Å²) in [5.74, 6) is 2.67. The van der Waals surface area contributed by atoms with Crippen LogP contribution in [-0.2, 0) is 14.8 Å². The minimum atomic E-state index is -3.73. The van der Waals surface area contributed by atoms with Gasteiger partial charge in [-0.3, -0.25) is 0 Å². The summed E-state index contributed by atoms with van der Waals surface area (Å²) in [4.78, 5) is 12.2. The predicted molar refractivity (Wildman–Crippen MR) is 153 cm³/mol. The fraction of sp³-hybridized carbons (Fsp3) is 0.968. The highest BCUT2D eigenvalue weighted by atomic mass is 32.2. The number of ether oxygens (including phenoxy) is 1. The van der Waals surface area contributed by atoms with Crippen LogP contribution in [0.5, 0.6) is 0 Å². The van der Waals surface area contributed by atoms with Crippen molar-refractivity contribution in [3.05, 3.63) is 0 Å². The van der Waals surface area contributed by atoms with Crippen molar-refractivity contribution < 1.29 is 28.2 Å². The number of nitrogens with one attached hydrogen (secondary N) is 1. The number of sulfonamides is 1. The van der Waals surface area contributed by atoms with Gasteiger partial charge in [-0.05, 0) is 109 Å². The highest BCUT2D eigenvalue weighted by molar-refractivity contribution is 7.90. The minimum Gasteiger partial charge on any atom is -0.449 e. The van der Waals surface area contributed by atoms with Crippen molar-refractivity contribution in [3.63, 3.8) is 0 Å². The van der Waals surface area contributed by atoms with Crippen LogP contribution in [0.4, 0.5) is 4.79 Å². The van der Waals surface area contributed by atoms with Gasteiger partial charge in [-0.1, -0.05) is 54.9 Å². The summed E-state index contributed by atoms with van der Waals surface area (Å²) in [6.07, 6.45) is 7.59. The first kappa shape index (κ1) is 31.1. The molecule has 4 aliphatic rings. The molecular formula is C31H55NO6S. The minimum absolute atomic E-state index is 0.138. The van der Waals surface area contributed by atoms with Gasteiger partial charge in [-0.15, -0.1) is 0 Å². The van der Waals surface area contributed by atoms with Crippen molar-refractivity contribution in [1.82, 2.24) is 4.72 Å². The number of hydrogen-bond donors (Lipinski definition) is 3. The van der Waals surface area contributed by atoms with Crippen molar-refractivity contribution in [1.29, 1.82) is 0 Å². The molecule has 4 rings (SSSR count). The second-order valence-corrected chi connectivity index (χ2v) is 17.2. The summed E-state index contributed by atoms with van der Waals surface area (Å²) in [5, 5.41) is 22.4. The molecule has 0 aliphatic heterocycles. The van der Waals surface area contributed by atoms with Gasteiger partial charge < -0.3 is 14.9 Å². The maximum atomic E-state index is 12.2. The highest BCUT2D eigenvalue weighted by Gasteiger charge is 2.64. The van der Waals surface area contributed by atoms with E-state index < -0.39 is 21.5 Å². The van der Waals surface area contributed by atoms with Gasteiger partial charge in [-0.25, -0.2) is 17.9 Å². The molecule has 1 amide bonds. The van der Waals surface area contributed by atoms with E-state index >= 15 is 0 Å². The Balaban J connectivity index is 1.40. The van der Waals surface area contributed by atoms with Crippen LogP contribution in [0.25, 0.3) is 0 Å². The molecule has 0 aromatic rings. The van der Waals surface area contributed by atoms with Crippen LogP contribution in [0.15, 0.2) is 0 Å². The van der Waals surface area contributed by atoms with Crippen molar-refractivity contribution in [2.24, 2.45) is 57.7 Å². The Hall–Kier alpha value is -0.860. The summed E-state index contributed by atoms with van der Waals surface area (Å²) in [5.41, 5.74) is -0.105. The fourth-order valence-corrected chi connectivity index (χ4v) is 11.8. The van der Waals surface area contributed by atoms with Crippen LogP contribution >= 0.6 is 0 Å². The third-order valence-corrected chi connectivity index (χ3v) is 13.5. The van der Waals surface area contributed by atoms with Crippen molar-refractivity contribution in [3.8, 4) is 0 Å². The average Bonchev–Trinajstić information content (AvgIpc) is 3.15. The molecule has 4 saturated carbocycles. The van der Waals surface area contributed by atoms with Crippen LogP contribution in [0.2, 0.25) is 0 Å². The van der Waals surface area contributed by atoms with Crippen molar-refractivity contribution >= 4 is 16.1 Å². The lowest BCUT2D eigenvalue weighted by atomic mass is 9.41. The van der Waals surface area contributed by atoms with E-state index in [1.54, 1.807) is 0 Å². The Morgan fingerprint density at radius 3 is 2.31 bits per heavy atom. The summed E-state index contributed by atoms with van der Waals surface area (Å²) >= 11 is 0. The molecule has 0 radical (unpaired) electrons. The van der Waals surface area contributed by atoms with Crippen molar-refractivity contribution in [2.45, 2.75) is 118 Å². The Morgan fingerprint density at radius 2 is 1.67 bits per heavy atom. The van der Waals surface area contributed by atoms with Crippen LogP contribution in [-0.4, -0.2) is 49.3 Å². The standard InChI is InChI=1S/C31H55NO6S/c1-8-21-25-17-20(33)11-14-31(25,7)24-12-15-30(6)22(9-10-23(30)26(24)27(21)34)19(2)13-16-38-28(35)32-39(36,37)18-29(3,4)5/h19-27,33-34H,8-18H2,1-7H3,(H,32,35)/t19-,20-,21-,22-,23+,24+,25+,26+,27-,30-,31-/m1/s1. The topological polar surface area (TPSA) is 113 Å². The SMILES string of the molecule is CC[C@H]1[C@@H](O)[C@@H]2[C@H](CC[C@]3(C)[C@@H]([C@H](C)CCOC(=O)NS(=O)(=O)CC(C)(C)C)CC[C@@H]23)[C@@]2(C)CC[C@@H](O)C[C@@H]12. The number of aliphatic hydroxyl groups excluding tert-OH is 2. The van der Waals surface area contributed by atoms with Gasteiger partial charge in [0.15, 0.2) is 0 Å². The van der Waals surface area contributed by atoms with Gasteiger partial charge in [-0.2, -0.15) is 0 Å². The molecule has 4 fully saturated rings. The molecule has 8 heteroatoms. The Bertz CT molecular complexity index is 994. The maximum absolute atomic E-state index is 12.2. The summed E-state index contributed by atoms with van der Waals surface area (Å²) in [6, 6.07) is 0. The van der Waals surface area contributed by atoms with E-state index in [2.05, 4.69) is 32.4 Å². The molecule has 0 unspecified atom stereocenters. The first-order valence-electron chi connectivity index (χ1n) is 15.6. The van der Waals surface area contributed by atoms with Crippen LogP contribution in [0.3, 0.4) is 0 Å². The van der Waals surface area contributed by atoms with E-state index in [0.717, 1.165) is 51.4 Å². The van der Waals surface area contributed by atoms with Crippen LogP contribution in [0.1, 0.15) is 106 Å². The molecule has 0 spiro atoms. The van der Waals surface area contributed by atoms with Gasteiger partial charge in [0.1, 0.15) is 0 Å². The van der Waals surface area contributed by atoms with Crippen LogP contribution < -0.4 is 4.72 Å². The van der Waals surface area contributed by atoms with Gasteiger partial charge in [0.2, 0.25) is 10.0 Å². The molecule has 11 atom stereocenters. The molecule has 0 aromatic heterocycles. The molecule has 7 nitrogen and oxygen atoms in total. The molecule has 0 bridgehead atoms. The molecule has 0 heterocycles. The largest absolute Gasteiger partial charge is 0.449 e. The maximum Gasteiger partial charge on any atom is 0.420 e.